The van der Waals surface area contributed by atoms with E-state index in [2.05, 4.69) is 41.9 Å². The molecule has 0 radical (unpaired) electrons. The van der Waals surface area contributed by atoms with Crippen molar-refractivity contribution in [3.8, 4) is 0 Å². The number of nitrogens with one attached hydrogen (secondary N) is 2. The van der Waals surface area contributed by atoms with Crippen molar-refractivity contribution in [3.05, 3.63) is 17.5 Å². The van der Waals surface area contributed by atoms with Crippen molar-refractivity contribution >= 4 is 17.8 Å². The molecule has 0 spiro atoms. The molecule has 6 heteroatoms. The third-order valence-electron chi connectivity index (χ3n) is 4.25. The molecule has 124 valence electrons. The van der Waals surface area contributed by atoms with Crippen LogP contribution < -0.4 is 10.6 Å². The summed E-state index contributed by atoms with van der Waals surface area (Å²) >= 11 is 1.90. The lowest BCUT2D eigenvalue weighted by Crippen LogP contribution is -2.43. The third-order valence-corrected chi connectivity index (χ3v) is 5.35. The number of thioether (sulfide) groups is 1. The van der Waals surface area contributed by atoms with E-state index in [-0.39, 0.29) is 6.03 Å². The highest BCUT2D eigenvalue weighted by molar-refractivity contribution is 7.99. The zero-order valence-corrected chi connectivity index (χ0v) is 14.9. The van der Waals surface area contributed by atoms with E-state index in [1.807, 2.05) is 23.4 Å². The highest BCUT2D eigenvalue weighted by Crippen LogP contribution is 2.27. The van der Waals surface area contributed by atoms with E-state index in [0.29, 0.717) is 23.8 Å². The molecule has 1 aliphatic rings. The molecule has 1 saturated carbocycles. The summed E-state index contributed by atoms with van der Waals surface area (Å²) in [6, 6.07) is 2.38. The Hall–Kier alpha value is -1.17. The van der Waals surface area contributed by atoms with Crippen LogP contribution in [-0.2, 0) is 6.54 Å². The molecule has 2 amide bonds. The molecule has 3 atom stereocenters. The average molecular weight is 324 g/mol. The molecule has 0 bridgehead atoms. The van der Waals surface area contributed by atoms with Gasteiger partial charge in [-0.1, -0.05) is 6.92 Å². The summed E-state index contributed by atoms with van der Waals surface area (Å²) in [6.45, 7) is 7.70. The Bertz CT molecular complexity index is 502. The van der Waals surface area contributed by atoms with Crippen molar-refractivity contribution in [1.82, 2.24) is 20.4 Å². The van der Waals surface area contributed by atoms with Crippen molar-refractivity contribution in [2.24, 2.45) is 5.92 Å². The van der Waals surface area contributed by atoms with Crippen molar-refractivity contribution in [2.75, 3.05) is 12.8 Å². The molecule has 1 heterocycles. The van der Waals surface area contributed by atoms with Crippen LogP contribution in [0.4, 0.5) is 4.79 Å². The number of carbonyl (C=O) groups excluding carboxylic acids is 1. The lowest BCUT2D eigenvalue weighted by Gasteiger charge is -2.17. The minimum atomic E-state index is -0.0352. The monoisotopic (exact) mass is 324 g/mol. The number of carbonyl (C=O) groups is 1. The number of aryl methyl sites for hydroxylation is 2. The van der Waals surface area contributed by atoms with Crippen LogP contribution >= 0.6 is 11.8 Å². The number of hydrogen-bond donors (Lipinski definition) is 2. The van der Waals surface area contributed by atoms with Crippen molar-refractivity contribution in [1.29, 1.82) is 0 Å². The fourth-order valence-corrected chi connectivity index (χ4v) is 3.80. The number of urea groups is 1. The fourth-order valence-electron chi connectivity index (χ4n) is 3.01. The first-order valence-electron chi connectivity index (χ1n) is 8.06. The molecule has 1 fully saturated rings. The van der Waals surface area contributed by atoms with E-state index in [1.54, 1.807) is 0 Å². The van der Waals surface area contributed by atoms with Crippen LogP contribution in [0.15, 0.2) is 6.07 Å². The fraction of sp³-hybridized carbons (Fsp3) is 0.750. The van der Waals surface area contributed by atoms with Crippen LogP contribution in [0.2, 0.25) is 0 Å². The smallest absolute Gasteiger partial charge is 0.315 e. The van der Waals surface area contributed by atoms with Crippen molar-refractivity contribution < 1.29 is 4.79 Å². The summed E-state index contributed by atoms with van der Waals surface area (Å²) in [6.07, 6.45) is 5.55. The average Bonchev–Trinajstić information content (AvgIpc) is 3.03. The Morgan fingerprint density at radius 1 is 1.50 bits per heavy atom. The maximum absolute atomic E-state index is 12.0. The van der Waals surface area contributed by atoms with Crippen LogP contribution in [0.1, 0.15) is 37.6 Å². The standard InChI is InChI=1S/C16H28N4OS/c1-11(10-20-13(3)7-12(2)19-20)9-17-16(21)18-14-5-6-15(8-14)22-4/h7,11,14-15H,5-6,8-10H2,1-4H3,(H2,17,18,21). The molecule has 1 aliphatic carbocycles. The Kier molecular flexibility index (Phi) is 6.17. The van der Waals surface area contributed by atoms with Gasteiger partial charge in [0.15, 0.2) is 0 Å². The number of amides is 2. The topological polar surface area (TPSA) is 59.0 Å². The minimum Gasteiger partial charge on any atom is -0.338 e. The van der Waals surface area contributed by atoms with Gasteiger partial charge in [-0.05, 0) is 51.3 Å². The molecule has 1 aromatic heterocycles. The molecule has 0 aromatic carbocycles. The summed E-state index contributed by atoms with van der Waals surface area (Å²) in [5.41, 5.74) is 2.21. The van der Waals surface area contributed by atoms with E-state index < -0.39 is 0 Å². The van der Waals surface area contributed by atoms with Crippen molar-refractivity contribution in [3.63, 3.8) is 0 Å². The number of aromatic nitrogens is 2. The van der Waals surface area contributed by atoms with Gasteiger partial charge in [-0.3, -0.25) is 4.68 Å². The molecule has 2 rings (SSSR count). The number of nitrogens with zero attached hydrogens (tertiary/aromatic N) is 2. The Morgan fingerprint density at radius 2 is 2.27 bits per heavy atom. The number of hydrogen-bond acceptors (Lipinski definition) is 3. The van der Waals surface area contributed by atoms with Crippen LogP contribution in [-0.4, -0.2) is 39.9 Å². The van der Waals surface area contributed by atoms with Gasteiger partial charge in [0.1, 0.15) is 0 Å². The van der Waals surface area contributed by atoms with Gasteiger partial charge in [0.05, 0.1) is 5.69 Å². The van der Waals surface area contributed by atoms with Gasteiger partial charge in [-0.2, -0.15) is 16.9 Å². The second kappa shape index (κ2) is 7.90. The predicted octanol–water partition coefficient (Wildman–Crippen LogP) is 2.72. The van der Waals surface area contributed by atoms with E-state index in [1.165, 1.54) is 12.1 Å². The zero-order chi connectivity index (χ0) is 16.1. The van der Waals surface area contributed by atoms with Crippen molar-refractivity contribution in [2.45, 2.75) is 57.9 Å². The summed E-state index contributed by atoms with van der Waals surface area (Å²) in [5, 5.41) is 11.3. The molecular formula is C16H28N4OS. The quantitative estimate of drug-likeness (QED) is 0.846. The second-order valence-electron chi connectivity index (χ2n) is 6.44. The van der Waals surface area contributed by atoms with Crippen LogP contribution in [0.25, 0.3) is 0 Å². The molecule has 0 saturated heterocycles. The largest absolute Gasteiger partial charge is 0.338 e. The minimum absolute atomic E-state index is 0.0352. The summed E-state index contributed by atoms with van der Waals surface area (Å²) in [4.78, 5) is 12.0. The van der Waals surface area contributed by atoms with E-state index >= 15 is 0 Å². The first-order valence-corrected chi connectivity index (χ1v) is 9.35. The van der Waals surface area contributed by atoms with E-state index in [0.717, 1.165) is 25.1 Å². The molecule has 5 nitrogen and oxygen atoms in total. The van der Waals surface area contributed by atoms with E-state index in [4.69, 9.17) is 0 Å². The summed E-state index contributed by atoms with van der Waals surface area (Å²) < 4.78 is 2.01. The molecule has 3 unspecified atom stereocenters. The molecule has 2 N–H and O–H groups in total. The lowest BCUT2D eigenvalue weighted by molar-refractivity contribution is 0.234. The highest BCUT2D eigenvalue weighted by atomic mass is 32.2. The van der Waals surface area contributed by atoms with Crippen LogP contribution in [0, 0.1) is 19.8 Å². The first kappa shape index (κ1) is 17.2. The van der Waals surface area contributed by atoms with Gasteiger partial charge in [-0.15, -0.1) is 0 Å². The maximum Gasteiger partial charge on any atom is 0.315 e. The Morgan fingerprint density at radius 3 is 2.86 bits per heavy atom. The first-order chi connectivity index (χ1) is 10.5. The second-order valence-corrected chi connectivity index (χ2v) is 7.57. The third kappa shape index (κ3) is 4.93. The summed E-state index contributed by atoms with van der Waals surface area (Å²) in [7, 11) is 0. The van der Waals surface area contributed by atoms with Crippen LogP contribution in [0.5, 0.6) is 0 Å². The van der Waals surface area contributed by atoms with Gasteiger partial charge in [0.2, 0.25) is 0 Å². The molecule has 0 aliphatic heterocycles. The van der Waals surface area contributed by atoms with Gasteiger partial charge in [0.25, 0.3) is 0 Å². The zero-order valence-electron chi connectivity index (χ0n) is 14.1. The summed E-state index contributed by atoms with van der Waals surface area (Å²) in [5.74, 6) is 0.353. The van der Waals surface area contributed by atoms with Gasteiger partial charge < -0.3 is 10.6 Å². The van der Waals surface area contributed by atoms with Gasteiger partial charge in [-0.25, -0.2) is 4.79 Å². The predicted molar refractivity (Wildman–Crippen MR) is 92.3 cm³/mol. The lowest BCUT2D eigenvalue weighted by atomic mass is 10.2. The maximum atomic E-state index is 12.0. The Labute approximate surface area is 137 Å². The highest BCUT2D eigenvalue weighted by Gasteiger charge is 2.25. The SMILES string of the molecule is CSC1CCC(NC(=O)NCC(C)Cn2nc(C)cc2C)C1. The Balaban J connectivity index is 1.68. The number of rotatable bonds is 6. The normalized spacial score (nSPS) is 22.5. The van der Waals surface area contributed by atoms with Gasteiger partial charge in [0, 0.05) is 30.1 Å². The van der Waals surface area contributed by atoms with Gasteiger partial charge >= 0.3 is 6.03 Å². The van der Waals surface area contributed by atoms with E-state index in [9.17, 15) is 4.79 Å². The molecule has 22 heavy (non-hydrogen) atoms. The molecule has 1 aromatic rings. The van der Waals surface area contributed by atoms with Crippen LogP contribution in [0.3, 0.4) is 0 Å². The molecular weight excluding hydrogens is 296 g/mol.